The average molecular weight is 399 g/mol. The Hall–Kier alpha value is -1.77. The van der Waals surface area contributed by atoms with E-state index < -0.39 is 23.5 Å². The van der Waals surface area contributed by atoms with Crippen LogP contribution in [0.2, 0.25) is 0 Å². The molecule has 1 fully saturated rings. The van der Waals surface area contributed by atoms with Crippen LogP contribution >= 0.6 is 11.8 Å². The predicted molar refractivity (Wildman–Crippen MR) is 105 cm³/mol. The van der Waals surface area contributed by atoms with Crippen LogP contribution in [0, 0.1) is 0 Å². The summed E-state index contributed by atoms with van der Waals surface area (Å²) in [4.78, 5) is 44.2. The van der Waals surface area contributed by atoms with Crippen molar-refractivity contribution in [3.05, 3.63) is 0 Å². The summed E-state index contributed by atoms with van der Waals surface area (Å²) in [5.41, 5.74) is 0. The summed E-state index contributed by atoms with van der Waals surface area (Å²) in [5, 5.41) is 2.57. The maximum Gasteiger partial charge on any atom is 0.325 e. The predicted octanol–water partition coefficient (Wildman–Crippen LogP) is 2.19. The number of unbranched alkanes of at least 4 members (excludes halogenated alkanes) is 5. The summed E-state index contributed by atoms with van der Waals surface area (Å²) < 4.78 is 4.79. The highest BCUT2D eigenvalue weighted by atomic mass is 32.2. The number of thioether (sulfide) groups is 1. The lowest BCUT2D eigenvalue weighted by Crippen LogP contribution is -2.63. The van der Waals surface area contributed by atoms with E-state index in [0.29, 0.717) is 11.7 Å². The van der Waals surface area contributed by atoms with Gasteiger partial charge in [-0.25, -0.2) is 9.79 Å². The van der Waals surface area contributed by atoms with Crippen LogP contribution in [0.1, 0.15) is 52.4 Å². The van der Waals surface area contributed by atoms with Gasteiger partial charge in [-0.2, -0.15) is 0 Å². The van der Waals surface area contributed by atoms with Crippen LogP contribution < -0.4 is 5.32 Å². The lowest BCUT2D eigenvalue weighted by atomic mass is 10.1. The van der Waals surface area contributed by atoms with Crippen LogP contribution in [0.15, 0.2) is 4.99 Å². The van der Waals surface area contributed by atoms with Gasteiger partial charge < -0.3 is 14.5 Å². The molecule has 152 valence electrons. The zero-order valence-electron chi connectivity index (χ0n) is 16.6. The Morgan fingerprint density at radius 2 is 1.93 bits per heavy atom. The molecule has 0 radical (unpaired) electrons. The molecule has 2 rings (SSSR count). The van der Waals surface area contributed by atoms with Crippen LogP contribution in [0.4, 0.5) is 4.79 Å². The number of carbonyl (C=O) groups excluding carboxylic acids is 3. The minimum atomic E-state index is -0.557. The quantitative estimate of drug-likeness (QED) is 0.473. The fourth-order valence-electron chi connectivity index (χ4n) is 3.27. The maximum atomic E-state index is 12.5. The average Bonchev–Trinajstić information content (AvgIpc) is 3.00. The SMILES string of the molecule is CCCCCCCCN1C(SC(C)C(=O)OC)=NC2C1C(=O)NC(=O)N2C. The number of hydrogen-bond donors (Lipinski definition) is 1. The summed E-state index contributed by atoms with van der Waals surface area (Å²) in [5.74, 6) is -0.676. The Labute approximate surface area is 165 Å². The Morgan fingerprint density at radius 1 is 1.26 bits per heavy atom. The highest BCUT2D eigenvalue weighted by Gasteiger charge is 2.48. The van der Waals surface area contributed by atoms with Gasteiger partial charge in [0.1, 0.15) is 5.25 Å². The third-order valence-electron chi connectivity index (χ3n) is 4.89. The summed E-state index contributed by atoms with van der Waals surface area (Å²) in [6.45, 7) is 4.60. The number of carbonyl (C=O) groups is 3. The number of nitrogens with zero attached hydrogens (tertiary/aromatic N) is 3. The van der Waals surface area contributed by atoms with Crippen molar-refractivity contribution in [1.29, 1.82) is 0 Å². The van der Waals surface area contributed by atoms with E-state index in [1.54, 1.807) is 14.0 Å². The van der Waals surface area contributed by atoms with Crippen molar-refractivity contribution in [3.63, 3.8) is 0 Å². The number of imide groups is 1. The molecule has 3 atom stereocenters. The molecule has 0 bridgehead atoms. The number of likely N-dealkylation sites (N-methyl/N-ethyl adjacent to an activating group) is 1. The van der Waals surface area contributed by atoms with Gasteiger partial charge in [0.2, 0.25) is 0 Å². The number of fused-ring (bicyclic) bond motifs is 1. The highest BCUT2D eigenvalue weighted by Crippen LogP contribution is 2.30. The number of ether oxygens (including phenoxy) is 1. The van der Waals surface area contributed by atoms with Gasteiger partial charge in [0.05, 0.1) is 7.11 Å². The number of amides is 3. The van der Waals surface area contributed by atoms with Gasteiger partial charge in [0, 0.05) is 13.6 Å². The van der Waals surface area contributed by atoms with E-state index in [1.165, 1.54) is 49.5 Å². The van der Waals surface area contributed by atoms with Gasteiger partial charge >= 0.3 is 12.0 Å². The molecule has 3 amide bonds. The second kappa shape index (κ2) is 9.96. The molecule has 0 aromatic heterocycles. The van der Waals surface area contributed by atoms with Gasteiger partial charge in [-0.3, -0.25) is 14.9 Å². The van der Waals surface area contributed by atoms with E-state index in [2.05, 4.69) is 17.2 Å². The number of nitrogens with one attached hydrogen (secondary N) is 1. The van der Waals surface area contributed by atoms with Crippen molar-refractivity contribution in [2.75, 3.05) is 20.7 Å². The standard InChI is InChI=1S/C18H30N4O4S/c1-5-6-7-8-9-10-11-22-13-14(21(3)17(25)20-15(13)23)19-18(22)27-12(2)16(24)26-4/h12-14H,5-11H2,1-4H3,(H,20,23,25). The monoisotopic (exact) mass is 398 g/mol. The lowest BCUT2D eigenvalue weighted by Gasteiger charge is -2.36. The van der Waals surface area contributed by atoms with E-state index in [0.717, 1.165) is 12.8 Å². The van der Waals surface area contributed by atoms with Crippen molar-refractivity contribution < 1.29 is 19.1 Å². The first kappa shape index (κ1) is 21.5. The molecule has 0 aromatic carbocycles. The fraction of sp³-hybridized carbons (Fsp3) is 0.778. The van der Waals surface area contributed by atoms with Crippen LogP contribution in [-0.2, 0) is 14.3 Å². The van der Waals surface area contributed by atoms with Crippen LogP contribution in [-0.4, -0.2) is 71.0 Å². The van der Waals surface area contributed by atoms with E-state index in [9.17, 15) is 14.4 Å². The molecule has 0 aliphatic carbocycles. The van der Waals surface area contributed by atoms with Gasteiger partial charge in [-0.15, -0.1) is 0 Å². The molecule has 0 saturated carbocycles. The number of hydrogen-bond acceptors (Lipinski definition) is 7. The van der Waals surface area contributed by atoms with Gasteiger partial charge in [-0.1, -0.05) is 50.8 Å². The first-order valence-electron chi connectivity index (χ1n) is 9.57. The van der Waals surface area contributed by atoms with Crippen molar-refractivity contribution in [1.82, 2.24) is 15.1 Å². The zero-order valence-corrected chi connectivity index (χ0v) is 17.4. The second-order valence-electron chi connectivity index (χ2n) is 6.92. The number of aliphatic imine (C=N–C) groups is 1. The Bertz CT molecular complexity index is 598. The first-order valence-corrected chi connectivity index (χ1v) is 10.4. The van der Waals surface area contributed by atoms with Gasteiger partial charge in [-0.05, 0) is 13.3 Å². The minimum Gasteiger partial charge on any atom is -0.468 e. The molecule has 0 aromatic rings. The number of esters is 1. The smallest absolute Gasteiger partial charge is 0.325 e. The number of rotatable bonds is 9. The summed E-state index contributed by atoms with van der Waals surface area (Å²) in [6.07, 6.45) is 6.28. The van der Waals surface area contributed by atoms with Gasteiger partial charge in [0.15, 0.2) is 17.4 Å². The van der Waals surface area contributed by atoms with E-state index >= 15 is 0 Å². The number of methoxy groups -OCH3 is 1. The van der Waals surface area contributed by atoms with E-state index in [-0.39, 0.29) is 11.9 Å². The maximum absolute atomic E-state index is 12.5. The normalized spacial score (nSPS) is 23.0. The third-order valence-corrected chi connectivity index (χ3v) is 5.99. The molecule has 8 nitrogen and oxygen atoms in total. The largest absolute Gasteiger partial charge is 0.468 e. The van der Waals surface area contributed by atoms with Crippen molar-refractivity contribution in [2.24, 2.45) is 4.99 Å². The van der Waals surface area contributed by atoms with E-state index in [4.69, 9.17) is 4.74 Å². The Morgan fingerprint density at radius 3 is 2.59 bits per heavy atom. The van der Waals surface area contributed by atoms with Crippen LogP contribution in [0.25, 0.3) is 0 Å². The van der Waals surface area contributed by atoms with Crippen LogP contribution in [0.5, 0.6) is 0 Å². The molecule has 27 heavy (non-hydrogen) atoms. The van der Waals surface area contributed by atoms with Crippen LogP contribution in [0.3, 0.4) is 0 Å². The third kappa shape index (κ3) is 5.15. The molecule has 2 heterocycles. The summed E-state index contributed by atoms with van der Waals surface area (Å²) in [6, 6.07) is -0.993. The molecule has 1 saturated heterocycles. The topological polar surface area (TPSA) is 91.3 Å². The van der Waals surface area contributed by atoms with Crippen molar-refractivity contribution >= 4 is 34.8 Å². The van der Waals surface area contributed by atoms with Gasteiger partial charge in [0.25, 0.3) is 5.91 Å². The van der Waals surface area contributed by atoms with Crippen molar-refractivity contribution in [3.8, 4) is 0 Å². The Kier molecular flexibility index (Phi) is 7.94. The van der Waals surface area contributed by atoms with E-state index in [1.807, 2.05) is 4.90 Å². The summed E-state index contributed by atoms with van der Waals surface area (Å²) in [7, 11) is 2.98. The summed E-state index contributed by atoms with van der Waals surface area (Å²) >= 11 is 1.27. The highest BCUT2D eigenvalue weighted by molar-refractivity contribution is 8.14. The molecule has 2 aliphatic rings. The molecular formula is C18H30N4O4S. The molecule has 2 aliphatic heterocycles. The fourth-order valence-corrected chi connectivity index (χ4v) is 4.29. The van der Waals surface area contributed by atoms with Crippen molar-refractivity contribution in [2.45, 2.75) is 69.8 Å². The number of urea groups is 1. The first-order chi connectivity index (χ1) is 12.9. The molecule has 0 spiro atoms. The molecule has 1 N–H and O–H groups in total. The minimum absolute atomic E-state index is 0.334. The number of amidine groups is 1. The molecule has 9 heteroatoms. The molecular weight excluding hydrogens is 368 g/mol. The second-order valence-corrected chi connectivity index (χ2v) is 8.23. The molecule has 3 unspecified atom stereocenters. The Balaban J connectivity index is 2.08. The lowest BCUT2D eigenvalue weighted by molar-refractivity contribution is -0.139. The zero-order chi connectivity index (χ0) is 20.0.